The van der Waals surface area contributed by atoms with Crippen molar-refractivity contribution >= 4 is 34.2 Å². The number of benzene rings is 2. The quantitative estimate of drug-likeness (QED) is 0.591. The van der Waals surface area contributed by atoms with Crippen LogP contribution < -0.4 is 10.2 Å². The van der Waals surface area contributed by atoms with Gasteiger partial charge in [-0.3, -0.25) is 4.79 Å². The number of rotatable bonds is 4. The van der Waals surface area contributed by atoms with Crippen molar-refractivity contribution in [3.8, 4) is 11.8 Å². The Morgan fingerprint density at radius 1 is 1.19 bits per heavy atom. The van der Waals surface area contributed by atoms with Gasteiger partial charge in [-0.1, -0.05) is 29.5 Å². The first-order chi connectivity index (χ1) is 15.3. The Hall–Kier alpha value is -3.14. The highest BCUT2D eigenvalue weighted by Crippen LogP contribution is 2.29. The van der Waals surface area contributed by atoms with Gasteiger partial charge < -0.3 is 15.3 Å². The number of hydrogen-bond acceptors (Lipinski definition) is 5. The molecule has 32 heavy (non-hydrogen) atoms. The van der Waals surface area contributed by atoms with E-state index in [-0.39, 0.29) is 12.5 Å². The third-order valence-corrected chi connectivity index (χ3v) is 5.37. The van der Waals surface area contributed by atoms with Gasteiger partial charge in [-0.2, -0.15) is 0 Å². The number of aliphatic hydroxyl groups is 1. The van der Waals surface area contributed by atoms with E-state index in [1.807, 2.05) is 18.2 Å². The van der Waals surface area contributed by atoms with Gasteiger partial charge in [0.2, 0.25) is 0 Å². The minimum Gasteiger partial charge on any atom is -0.378 e. The number of carbonyl (C=O) groups excluding carboxylic acids is 1. The van der Waals surface area contributed by atoms with E-state index in [1.54, 1.807) is 38.1 Å². The van der Waals surface area contributed by atoms with E-state index in [0.29, 0.717) is 22.0 Å². The molecular formula is C25H25ClN4O2. The molecule has 0 radical (unpaired) electrons. The Balaban J connectivity index is 1.55. The fourth-order valence-corrected chi connectivity index (χ4v) is 3.78. The fraction of sp³-hybridized carbons (Fsp3) is 0.320. The van der Waals surface area contributed by atoms with Gasteiger partial charge in [-0.05, 0) is 63.1 Å². The topological polar surface area (TPSA) is 78.3 Å². The van der Waals surface area contributed by atoms with E-state index in [1.165, 1.54) is 0 Å². The Morgan fingerprint density at radius 2 is 1.97 bits per heavy atom. The highest BCUT2D eigenvalue weighted by Gasteiger charge is 2.19. The summed E-state index contributed by atoms with van der Waals surface area (Å²) in [5.41, 5.74) is 0.859. The monoisotopic (exact) mass is 448 g/mol. The zero-order valence-electron chi connectivity index (χ0n) is 18.2. The van der Waals surface area contributed by atoms with Crippen LogP contribution in [-0.2, 0) is 6.54 Å². The molecule has 2 aromatic carbocycles. The van der Waals surface area contributed by atoms with E-state index in [4.69, 9.17) is 16.6 Å². The van der Waals surface area contributed by atoms with Gasteiger partial charge in [0.25, 0.3) is 5.91 Å². The van der Waals surface area contributed by atoms with Gasteiger partial charge in [0, 0.05) is 34.6 Å². The second-order valence-corrected chi connectivity index (χ2v) is 8.83. The van der Waals surface area contributed by atoms with Crippen molar-refractivity contribution in [2.24, 2.45) is 0 Å². The van der Waals surface area contributed by atoms with Crippen molar-refractivity contribution in [3.63, 3.8) is 0 Å². The third-order valence-electron chi connectivity index (χ3n) is 5.13. The third kappa shape index (κ3) is 5.37. The van der Waals surface area contributed by atoms with Crippen molar-refractivity contribution in [2.45, 2.75) is 38.8 Å². The first-order valence-corrected chi connectivity index (χ1v) is 11.0. The lowest BCUT2D eigenvalue weighted by atomic mass is 10.1. The number of halogens is 1. The van der Waals surface area contributed by atoms with Crippen LogP contribution in [0.15, 0.2) is 42.5 Å². The number of carbonyl (C=O) groups is 1. The minimum absolute atomic E-state index is 0.206. The molecule has 4 rings (SSSR count). The molecule has 1 saturated heterocycles. The standard InChI is InChI=1S/C25H25ClN4O2/c1-25(2,32)11-10-17-6-5-7-18(14-17)24(31)27-16-22-28-21-9-8-19(26)15-20(21)23(29-22)30-12-3-4-13-30/h5-9,14-15,32H,3-4,12-13,16H2,1-2H3,(H,27,31). The Kier molecular flexibility index (Phi) is 6.31. The molecule has 0 bridgehead atoms. The molecule has 2 N–H and O–H groups in total. The zero-order valence-corrected chi connectivity index (χ0v) is 18.9. The van der Waals surface area contributed by atoms with Gasteiger partial charge in [0.15, 0.2) is 5.82 Å². The molecule has 0 unspecified atom stereocenters. The van der Waals surface area contributed by atoms with Crippen LogP contribution in [0.2, 0.25) is 5.02 Å². The van der Waals surface area contributed by atoms with Crippen LogP contribution in [0.1, 0.15) is 48.4 Å². The molecule has 1 aliphatic rings. The van der Waals surface area contributed by atoms with E-state index >= 15 is 0 Å². The molecule has 0 saturated carbocycles. The molecule has 0 spiro atoms. The summed E-state index contributed by atoms with van der Waals surface area (Å²) < 4.78 is 0. The number of nitrogens with zero attached hydrogens (tertiary/aromatic N) is 3. The molecule has 1 aromatic heterocycles. The van der Waals surface area contributed by atoms with Crippen LogP contribution >= 0.6 is 11.6 Å². The average molecular weight is 449 g/mol. The summed E-state index contributed by atoms with van der Waals surface area (Å²) in [6, 6.07) is 12.6. The molecular weight excluding hydrogens is 424 g/mol. The van der Waals surface area contributed by atoms with Gasteiger partial charge in [-0.25, -0.2) is 9.97 Å². The van der Waals surface area contributed by atoms with Crippen molar-refractivity contribution < 1.29 is 9.90 Å². The van der Waals surface area contributed by atoms with Crippen molar-refractivity contribution in [1.29, 1.82) is 0 Å². The SMILES string of the molecule is CC(C)(O)C#Cc1cccc(C(=O)NCc2nc(N3CCCC3)c3cc(Cl)ccc3n2)c1. The summed E-state index contributed by atoms with van der Waals surface area (Å²) in [7, 11) is 0. The summed E-state index contributed by atoms with van der Waals surface area (Å²) in [4.78, 5) is 24.4. The van der Waals surface area contributed by atoms with Crippen LogP contribution in [-0.4, -0.2) is 39.7 Å². The van der Waals surface area contributed by atoms with Gasteiger partial charge in [0.1, 0.15) is 11.4 Å². The largest absolute Gasteiger partial charge is 0.378 e. The van der Waals surface area contributed by atoms with E-state index in [2.05, 4.69) is 27.0 Å². The number of nitrogens with one attached hydrogen (secondary N) is 1. The first kappa shape index (κ1) is 22.1. The Bertz CT molecular complexity index is 1220. The fourth-order valence-electron chi connectivity index (χ4n) is 3.61. The maximum absolute atomic E-state index is 12.7. The first-order valence-electron chi connectivity index (χ1n) is 10.6. The van der Waals surface area contributed by atoms with Gasteiger partial charge in [0.05, 0.1) is 12.1 Å². The maximum atomic E-state index is 12.7. The van der Waals surface area contributed by atoms with Crippen LogP contribution in [0.4, 0.5) is 5.82 Å². The molecule has 0 atom stereocenters. The lowest BCUT2D eigenvalue weighted by Gasteiger charge is -2.19. The lowest BCUT2D eigenvalue weighted by Crippen LogP contribution is -2.25. The number of anilines is 1. The van der Waals surface area contributed by atoms with Crippen LogP contribution in [0.3, 0.4) is 0 Å². The number of amides is 1. The zero-order chi connectivity index (χ0) is 22.7. The van der Waals surface area contributed by atoms with E-state index < -0.39 is 5.60 Å². The molecule has 2 heterocycles. The Labute approximate surface area is 192 Å². The highest BCUT2D eigenvalue weighted by atomic mass is 35.5. The van der Waals surface area contributed by atoms with Gasteiger partial charge >= 0.3 is 0 Å². The summed E-state index contributed by atoms with van der Waals surface area (Å²) in [5, 5.41) is 14.3. The molecule has 1 amide bonds. The minimum atomic E-state index is -1.09. The Morgan fingerprint density at radius 3 is 2.72 bits per heavy atom. The molecule has 1 fully saturated rings. The summed E-state index contributed by atoms with van der Waals surface area (Å²) >= 11 is 6.21. The second-order valence-electron chi connectivity index (χ2n) is 8.39. The predicted molar refractivity (Wildman–Crippen MR) is 127 cm³/mol. The number of hydrogen-bond donors (Lipinski definition) is 2. The highest BCUT2D eigenvalue weighted by molar-refractivity contribution is 6.31. The summed E-state index contributed by atoms with van der Waals surface area (Å²) in [5.74, 6) is 6.83. The molecule has 1 aliphatic heterocycles. The predicted octanol–water partition coefficient (Wildman–Crippen LogP) is 3.94. The molecule has 164 valence electrons. The van der Waals surface area contributed by atoms with Gasteiger partial charge in [-0.15, -0.1) is 0 Å². The smallest absolute Gasteiger partial charge is 0.251 e. The van der Waals surface area contributed by atoms with E-state index in [9.17, 15) is 9.90 Å². The maximum Gasteiger partial charge on any atom is 0.251 e. The molecule has 6 nitrogen and oxygen atoms in total. The number of fused-ring (bicyclic) bond motifs is 1. The summed E-state index contributed by atoms with van der Waals surface area (Å²) in [6.45, 7) is 5.33. The van der Waals surface area contributed by atoms with Crippen molar-refractivity contribution in [2.75, 3.05) is 18.0 Å². The van der Waals surface area contributed by atoms with Crippen LogP contribution in [0, 0.1) is 11.8 Å². The normalized spacial score (nSPS) is 13.7. The molecule has 3 aromatic rings. The number of aromatic nitrogens is 2. The lowest BCUT2D eigenvalue weighted by molar-refractivity contribution is 0.0950. The van der Waals surface area contributed by atoms with Crippen molar-refractivity contribution in [1.82, 2.24) is 15.3 Å². The average Bonchev–Trinajstić information content (AvgIpc) is 3.30. The van der Waals surface area contributed by atoms with Crippen LogP contribution in [0.5, 0.6) is 0 Å². The molecule has 7 heteroatoms. The van der Waals surface area contributed by atoms with E-state index in [0.717, 1.165) is 42.7 Å². The van der Waals surface area contributed by atoms with Crippen LogP contribution in [0.25, 0.3) is 10.9 Å². The summed E-state index contributed by atoms with van der Waals surface area (Å²) in [6.07, 6.45) is 2.26. The molecule has 0 aliphatic carbocycles. The second kappa shape index (κ2) is 9.15. The van der Waals surface area contributed by atoms with Crippen molar-refractivity contribution in [3.05, 3.63) is 64.4 Å².